The highest BCUT2D eigenvalue weighted by Gasteiger charge is 2.15. The highest BCUT2D eigenvalue weighted by atomic mass is 16.5. The normalized spacial score (nSPS) is 12.1. The van der Waals surface area contributed by atoms with Crippen LogP contribution in [0.25, 0.3) is 0 Å². The predicted molar refractivity (Wildman–Crippen MR) is 83.1 cm³/mol. The monoisotopic (exact) mass is 279 g/mol. The Morgan fingerprint density at radius 1 is 1.40 bits per heavy atom. The molecule has 112 valence electrons. The van der Waals surface area contributed by atoms with Gasteiger partial charge >= 0.3 is 0 Å². The molecule has 1 atom stereocenters. The number of nitrogens with zero attached hydrogens (tertiary/aromatic N) is 1. The number of ether oxygens (including phenoxy) is 1. The van der Waals surface area contributed by atoms with Crippen LogP contribution in [0.5, 0.6) is 5.75 Å². The first-order chi connectivity index (χ1) is 9.35. The maximum atomic E-state index is 11.6. The summed E-state index contributed by atoms with van der Waals surface area (Å²) in [5.41, 5.74) is 7.50. The van der Waals surface area contributed by atoms with E-state index in [9.17, 15) is 4.79 Å². The number of rotatable bonds is 6. The van der Waals surface area contributed by atoms with E-state index in [1.54, 1.807) is 7.05 Å². The predicted octanol–water partition coefficient (Wildman–Crippen LogP) is 1.87. The van der Waals surface area contributed by atoms with Gasteiger partial charge in [-0.3, -0.25) is 4.79 Å². The van der Waals surface area contributed by atoms with E-state index >= 15 is 0 Å². The van der Waals surface area contributed by atoms with Crippen molar-refractivity contribution in [2.24, 2.45) is 5.92 Å². The second-order valence-electron chi connectivity index (χ2n) is 5.28. The van der Waals surface area contributed by atoms with E-state index in [4.69, 9.17) is 10.5 Å². The van der Waals surface area contributed by atoms with Crippen LogP contribution in [-0.4, -0.2) is 32.7 Å². The first-order valence-corrected chi connectivity index (χ1v) is 6.84. The smallest absolute Gasteiger partial charge is 0.224 e. The van der Waals surface area contributed by atoms with Gasteiger partial charge in [0.2, 0.25) is 5.91 Å². The van der Waals surface area contributed by atoms with Crippen molar-refractivity contribution in [3.05, 3.63) is 18.2 Å². The lowest BCUT2D eigenvalue weighted by Gasteiger charge is -2.24. The summed E-state index contributed by atoms with van der Waals surface area (Å²) in [7, 11) is 3.60. The molecule has 0 radical (unpaired) electrons. The largest absolute Gasteiger partial charge is 0.489 e. The highest BCUT2D eigenvalue weighted by Crippen LogP contribution is 2.28. The molecule has 20 heavy (non-hydrogen) atoms. The zero-order chi connectivity index (χ0) is 15.3. The number of anilines is 2. The summed E-state index contributed by atoms with van der Waals surface area (Å²) in [5, 5.41) is 2.66. The molecule has 5 heteroatoms. The average molecular weight is 279 g/mol. The van der Waals surface area contributed by atoms with Gasteiger partial charge in [-0.15, -0.1) is 0 Å². The molecule has 1 amide bonds. The molecule has 0 fully saturated rings. The molecule has 0 saturated heterocycles. The first-order valence-electron chi connectivity index (χ1n) is 6.84. The topological polar surface area (TPSA) is 67.6 Å². The Morgan fingerprint density at radius 3 is 2.60 bits per heavy atom. The third-order valence-corrected chi connectivity index (χ3v) is 3.04. The van der Waals surface area contributed by atoms with Gasteiger partial charge in [0.25, 0.3) is 0 Å². The quantitative estimate of drug-likeness (QED) is 0.780. The Balaban J connectivity index is 2.82. The number of nitrogens with two attached hydrogens (primary N) is 1. The summed E-state index contributed by atoms with van der Waals surface area (Å²) in [6.45, 7) is 6.45. The number of amides is 1. The Labute approximate surface area is 121 Å². The lowest BCUT2D eigenvalue weighted by Crippen LogP contribution is -2.34. The molecule has 0 saturated carbocycles. The molecular formula is C15H25N3O2. The summed E-state index contributed by atoms with van der Waals surface area (Å²) < 4.78 is 5.68. The van der Waals surface area contributed by atoms with Gasteiger partial charge in [0.05, 0.1) is 17.7 Å². The molecule has 0 aliphatic rings. The van der Waals surface area contributed by atoms with Gasteiger partial charge in [0, 0.05) is 32.4 Å². The molecule has 0 spiro atoms. The second-order valence-corrected chi connectivity index (χ2v) is 5.28. The van der Waals surface area contributed by atoms with Crippen molar-refractivity contribution in [1.29, 1.82) is 0 Å². The van der Waals surface area contributed by atoms with Gasteiger partial charge < -0.3 is 20.7 Å². The molecular weight excluding hydrogens is 254 g/mol. The maximum absolute atomic E-state index is 11.6. The fraction of sp³-hybridized carbons (Fsp3) is 0.533. The second kappa shape index (κ2) is 7.03. The molecule has 1 aromatic carbocycles. The average Bonchev–Trinajstić information content (AvgIpc) is 2.39. The molecule has 3 N–H and O–H groups in total. The molecule has 1 rings (SSSR count). The van der Waals surface area contributed by atoms with E-state index in [0.717, 1.165) is 5.69 Å². The number of nitrogen functional groups attached to an aromatic ring is 1. The Morgan fingerprint density at radius 2 is 2.05 bits per heavy atom. The summed E-state index contributed by atoms with van der Waals surface area (Å²) in [6, 6.07) is 5.67. The first kappa shape index (κ1) is 16.1. The summed E-state index contributed by atoms with van der Waals surface area (Å²) in [4.78, 5) is 13.6. The summed E-state index contributed by atoms with van der Waals surface area (Å²) in [5.74, 6) is 0.625. The van der Waals surface area contributed by atoms with Gasteiger partial charge in [-0.1, -0.05) is 6.92 Å². The molecule has 5 nitrogen and oxygen atoms in total. The Kier molecular flexibility index (Phi) is 5.67. The van der Waals surface area contributed by atoms with Crippen molar-refractivity contribution >= 4 is 17.3 Å². The molecule has 0 bridgehead atoms. The van der Waals surface area contributed by atoms with Crippen LogP contribution in [0.3, 0.4) is 0 Å². The van der Waals surface area contributed by atoms with E-state index in [0.29, 0.717) is 18.0 Å². The zero-order valence-electron chi connectivity index (χ0n) is 12.9. The van der Waals surface area contributed by atoms with Gasteiger partial charge in [0.15, 0.2) is 0 Å². The SMILES string of the molecule is CNC(=O)C(C)CN(C)c1ccc(N)c(OC(C)C)c1. The molecule has 0 aliphatic carbocycles. The van der Waals surface area contributed by atoms with Gasteiger partial charge in [-0.2, -0.15) is 0 Å². The van der Waals surface area contributed by atoms with Crippen molar-refractivity contribution in [3.8, 4) is 5.75 Å². The van der Waals surface area contributed by atoms with Crippen molar-refractivity contribution in [2.45, 2.75) is 26.9 Å². The number of nitrogens with one attached hydrogen (secondary N) is 1. The third kappa shape index (κ3) is 4.33. The highest BCUT2D eigenvalue weighted by molar-refractivity contribution is 5.78. The molecule has 0 aliphatic heterocycles. The Bertz CT molecular complexity index is 460. The van der Waals surface area contributed by atoms with E-state index in [2.05, 4.69) is 5.32 Å². The van der Waals surface area contributed by atoms with Crippen molar-refractivity contribution in [3.63, 3.8) is 0 Å². The number of carbonyl (C=O) groups excluding carboxylic acids is 1. The van der Waals surface area contributed by atoms with Crippen LogP contribution in [0, 0.1) is 5.92 Å². The summed E-state index contributed by atoms with van der Waals surface area (Å²) in [6.07, 6.45) is 0.0719. The van der Waals surface area contributed by atoms with Crippen LogP contribution in [0.4, 0.5) is 11.4 Å². The lowest BCUT2D eigenvalue weighted by molar-refractivity contribution is -0.123. The third-order valence-electron chi connectivity index (χ3n) is 3.04. The van der Waals surface area contributed by atoms with Crippen LogP contribution in [0.2, 0.25) is 0 Å². The lowest BCUT2D eigenvalue weighted by atomic mass is 10.1. The van der Waals surface area contributed by atoms with Crippen LogP contribution >= 0.6 is 0 Å². The maximum Gasteiger partial charge on any atom is 0.224 e. The molecule has 0 heterocycles. The number of benzene rings is 1. The van der Waals surface area contributed by atoms with Gasteiger partial charge in [-0.05, 0) is 26.0 Å². The van der Waals surface area contributed by atoms with Gasteiger partial charge in [0.1, 0.15) is 5.75 Å². The fourth-order valence-corrected chi connectivity index (χ4v) is 1.96. The minimum absolute atomic E-state index is 0.0333. The van der Waals surface area contributed by atoms with Crippen LogP contribution in [-0.2, 0) is 4.79 Å². The van der Waals surface area contributed by atoms with Crippen molar-refractivity contribution in [2.75, 3.05) is 31.3 Å². The fourth-order valence-electron chi connectivity index (χ4n) is 1.96. The van der Waals surface area contributed by atoms with E-state index in [1.807, 2.05) is 50.9 Å². The van der Waals surface area contributed by atoms with Crippen molar-refractivity contribution < 1.29 is 9.53 Å². The minimum atomic E-state index is -0.0861. The van der Waals surface area contributed by atoms with Crippen molar-refractivity contribution in [1.82, 2.24) is 5.32 Å². The number of hydrogen-bond donors (Lipinski definition) is 2. The number of carbonyl (C=O) groups is 1. The van der Waals surface area contributed by atoms with Crippen LogP contribution in [0.15, 0.2) is 18.2 Å². The Hall–Kier alpha value is -1.91. The summed E-state index contributed by atoms with van der Waals surface area (Å²) >= 11 is 0. The molecule has 1 aromatic rings. The zero-order valence-corrected chi connectivity index (χ0v) is 12.9. The van der Waals surface area contributed by atoms with E-state index in [1.165, 1.54) is 0 Å². The van der Waals surface area contributed by atoms with E-state index in [-0.39, 0.29) is 17.9 Å². The van der Waals surface area contributed by atoms with E-state index < -0.39 is 0 Å². The van der Waals surface area contributed by atoms with Crippen LogP contribution < -0.4 is 20.7 Å². The minimum Gasteiger partial charge on any atom is -0.489 e. The standard InChI is InChI=1S/C15H25N3O2/c1-10(2)20-14-8-12(6-7-13(14)16)18(5)9-11(3)15(19)17-4/h6-8,10-11H,9,16H2,1-5H3,(H,17,19). The van der Waals surface area contributed by atoms with Crippen LogP contribution in [0.1, 0.15) is 20.8 Å². The molecule has 0 aromatic heterocycles. The molecule has 1 unspecified atom stereocenters. The number of hydrogen-bond acceptors (Lipinski definition) is 4. The van der Waals surface area contributed by atoms with Gasteiger partial charge in [-0.25, -0.2) is 0 Å².